The van der Waals surface area contributed by atoms with E-state index in [1.807, 2.05) is 0 Å². The molecule has 92 valence electrons. The molecule has 1 heterocycles. The molecule has 4 nitrogen and oxygen atoms in total. The second-order valence-electron chi connectivity index (χ2n) is 3.42. The van der Waals surface area contributed by atoms with Crippen LogP contribution < -0.4 is 9.47 Å². The monoisotopic (exact) mass is 274 g/mol. The molecule has 2 aromatic rings. The van der Waals surface area contributed by atoms with Gasteiger partial charge in [0.2, 0.25) is 0 Å². The van der Waals surface area contributed by atoms with E-state index in [2.05, 4.69) is 9.97 Å². The van der Waals surface area contributed by atoms with Gasteiger partial charge in [0.1, 0.15) is 16.8 Å². The normalized spacial score (nSPS) is 10.8. The maximum atomic E-state index is 5.96. The summed E-state index contributed by atoms with van der Waals surface area (Å²) in [5, 5.41) is 0. The number of H-pyrrole nitrogens is 1. The first-order chi connectivity index (χ1) is 8.28. The standard InChI is InChI=1S/C11H12Cl2N2O2/c1-16-10-6(3-12)7(4-13)11(17-2)9-8(10)14-5-15-9/h5H,3-4H2,1-2H3,(H,14,15). The third-order valence-electron chi connectivity index (χ3n) is 2.67. The summed E-state index contributed by atoms with van der Waals surface area (Å²) < 4.78 is 10.7. The number of rotatable bonds is 4. The lowest BCUT2D eigenvalue weighted by molar-refractivity contribution is 0.403. The third-order valence-corrected chi connectivity index (χ3v) is 3.20. The number of imidazole rings is 1. The first kappa shape index (κ1) is 12.3. The molecule has 0 bridgehead atoms. The van der Waals surface area contributed by atoms with Crippen LogP contribution in [0.15, 0.2) is 6.33 Å². The number of aromatic nitrogens is 2. The Morgan fingerprint density at radius 2 is 1.71 bits per heavy atom. The summed E-state index contributed by atoms with van der Waals surface area (Å²) in [5.74, 6) is 1.91. The van der Waals surface area contributed by atoms with Gasteiger partial charge in [0.15, 0.2) is 5.75 Å². The predicted octanol–water partition coefficient (Wildman–Crippen LogP) is 3.06. The van der Waals surface area contributed by atoms with Gasteiger partial charge in [0.05, 0.1) is 32.3 Å². The molecule has 0 saturated heterocycles. The number of methoxy groups -OCH3 is 2. The Bertz CT molecular complexity index is 494. The van der Waals surface area contributed by atoms with E-state index in [4.69, 9.17) is 32.7 Å². The summed E-state index contributed by atoms with van der Waals surface area (Å²) in [6.45, 7) is 0. The topological polar surface area (TPSA) is 47.1 Å². The molecule has 0 aliphatic rings. The summed E-state index contributed by atoms with van der Waals surface area (Å²) in [7, 11) is 3.18. The van der Waals surface area contributed by atoms with Crippen molar-refractivity contribution < 1.29 is 9.47 Å². The number of aromatic amines is 1. The number of hydrogen-bond acceptors (Lipinski definition) is 3. The van der Waals surface area contributed by atoms with Gasteiger partial charge in [-0.1, -0.05) is 0 Å². The molecule has 0 unspecified atom stereocenters. The van der Waals surface area contributed by atoms with Crippen molar-refractivity contribution >= 4 is 34.2 Å². The molecule has 0 radical (unpaired) electrons. The highest BCUT2D eigenvalue weighted by Crippen LogP contribution is 2.40. The molecule has 6 heteroatoms. The molecule has 0 spiro atoms. The number of ether oxygens (including phenoxy) is 2. The minimum Gasteiger partial charge on any atom is -0.494 e. The van der Waals surface area contributed by atoms with Crippen molar-refractivity contribution in [2.45, 2.75) is 11.8 Å². The fourth-order valence-electron chi connectivity index (χ4n) is 1.94. The summed E-state index contributed by atoms with van der Waals surface area (Å²) in [6.07, 6.45) is 1.59. The maximum absolute atomic E-state index is 5.96. The zero-order valence-corrected chi connectivity index (χ0v) is 11.0. The summed E-state index contributed by atoms with van der Waals surface area (Å²) >= 11 is 11.9. The minimum atomic E-state index is 0.296. The Kier molecular flexibility index (Phi) is 3.64. The van der Waals surface area contributed by atoms with E-state index in [0.29, 0.717) is 28.8 Å². The lowest BCUT2D eigenvalue weighted by Gasteiger charge is -2.15. The van der Waals surface area contributed by atoms with E-state index in [9.17, 15) is 0 Å². The molecule has 17 heavy (non-hydrogen) atoms. The van der Waals surface area contributed by atoms with Crippen molar-refractivity contribution in [3.63, 3.8) is 0 Å². The van der Waals surface area contributed by atoms with E-state index in [1.54, 1.807) is 20.5 Å². The molecule has 1 aromatic carbocycles. The van der Waals surface area contributed by atoms with Gasteiger partial charge in [-0.05, 0) is 0 Å². The highest BCUT2D eigenvalue weighted by molar-refractivity contribution is 6.19. The Balaban J connectivity index is 2.89. The van der Waals surface area contributed by atoms with E-state index < -0.39 is 0 Å². The molecule has 1 aromatic heterocycles. The van der Waals surface area contributed by atoms with Crippen LogP contribution in [0.2, 0.25) is 0 Å². The molecule has 0 aliphatic carbocycles. The SMILES string of the molecule is COc1c(CCl)c(CCl)c(OC)c2[nH]cnc12. The van der Waals surface area contributed by atoms with Gasteiger partial charge in [-0.3, -0.25) is 0 Å². The summed E-state index contributed by atoms with van der Waals surface area (Å²) in [4.78, 5) is 7.24. The van der Waals surface area contributed by atoms with Crippen molar-refractivity contribution in [3.8, 4) is 11.5 Å². The summed E-state index contributed by atoms with van der Waals surface area (Å²) in [5.41, 5.74) is 3.13. The van der Waals surface area contributed by atoms with Crippen LogP contribution in [0.1, 0.15) is 11.1 Å². The number of nitrogens with zero attached hydrogens (tertiary/aromatic N) is 1. The Morgan fingerprint density at radius 1 is 1.12 bits per heavy atom. The zero-order chi connectivity index (χ0) is 12.4. The highest BCUT2D eigenvalue weighted by Gasteiger charge is 2.21. The van der Waals surface area contributed by atoms with Gasteiger partial charge >= 0.3 is 0 Å². The Hall–Kier alpha value is -1.13. The van der Waals surface area contributed by atoms with Crippen molar-refractivity contribution in [2.75, 3.05) is 14.2 Å². The van der Waals surface area contributed by atoms with Crippen molar-refractivity contribution in [3.05, 3.63) is 17.5 Å². The van der Waals surface area contributed by atoms with Crippen LogP contribution >= 0.6 is 23.2 Å². The molecular formula is C11H12Cl2N2O2. The Morgan fingerprint density at radius 3 is 2.24 bits per heavy atom. The lowest BCUT2D eigenvalue weighted by atomic mass is 10.1. The maximum Gasteiger partial charge on any atom is 0.151 e. The number of hydrogen-bond donors (Lipinski definition) is 1. The first-order valence-electron chi connectivity index (χ1n) is 4.99. The van der Waals surface area contributed by atoms with Crippen molar-refractivity contribution in [1.82, 2.24) is 9.97 Å². The molecule has 0 saturated carbocycles. The highest BCUT2D eigenvalue weighted by atomic mass is 35.5. The Labute approximate surface area is 109 Å². The number of fused-ring (bicyclic) bond motifs is 1. The zero-order valence-electron chi connectivity index (χ0n) is 9.51. The fraction of sp³-hybridized carbons (Fsp3) is 0.364. The molecule has 1 N–H and O–H groups in total. The molecule has 0 aliphatic heterocycles. The van der Waals surface area contributed by atoms with Crippen LogP contribution in [0.3, 0.4) is 0 Å². The van der Waals surface area contributed by atoms with Crippen LogP contribution in [0.5, 0.6) is 11.5 Å². The number of benzene rings is 1. The third kappa shape index (κ3) is 1.81. The smallest absolute Gasteiger partial charge is 0.151 e. The van der Waals surface area contributed by atoms with Gasteiger partial charge in [-0.25, -0.2) is 4.98 Å². The molecule has 0 fully saturated rings. The fourth-order valence-corrected chi connectivity index (χ4v) is 2.50. The number of alkyl halides is 2. The second-order valence-corrected chi connectivity index (χ2v) is 3.95. The van der Waals surface area contributed by atoms with Crippen LogP contribution in [0.4, 0.5) is 0 Å². The van der Waals surface area contributed by atoms with Crippen LogP contribution in [-0.4, -0.2) is 24.2 Å². The predicted molar refractivity (Wildman–Crippen MR) is 68.3 cm³/mol. The number of nitrogens with one attached hydrogen (secondary N) is 1. The first-order valence-corrected chi connectivity index (χ1v) is 6.06. The minimum absolute atomic E-state index is 0.296. The largest absolute Gasteiger partial charge is 0.494 e. The number of halogens is 2. The van der Waals surface area contributed by atoms with Crippen LogP contribution in [0, 0.1) is 0 Å². The van der Waals surface area contributed by atoms with Gasteiger partial charge in [0, 0.05) is 11.1 Å². The van der Waals surface area contributed by atoms with Gasteiger partial charge in [0.25, 0.3) is 0 Å². The molecule has 2 rings (SSSR count). The lowest BCUT2D eigenvalue weighted by Crippen LogP contribution is -2.00. The van der Waals surface area contributed by atoms with Crippen LogP contribution in [0.25, 0.3) is 11.0 Å². The molecular weight excluding hydrogens is 263 g/mol. The average Bonchev–Trinajstić information content (AvgIpc) is 2.84. The van der Waals surface area contributed by atoms with E-state index in [0.717, 1.165) is 16.6 Å². The van der Waals surface area contributed by atoms with E-state index >= 15 is 0 Å². The quantitative estimate of drug-likeness (QED) is 0.872. The second kappa shape index (κ2) is 5.02. The van der Waals surface area contributed by atoms with Crippen molar-refractivity contribution in [1.29, 1.82) is 0 Å². The van der Waals surface area contributed by atoms with Crippen LogP contribution in [-0.2, 0) is 11.8 Å². The molecule has 0 atom stereocenters. The van der Waals surface area contributed by atoms with Gasteiger partial charge in [-0.2, -0.15) is 0 Å². The average molecular weight is 275 g/mol. The van der Waals surface area contributed by atoms with Gasteiger partial charge in [-0.15, -0.1) is 23.2 Å². The van der Waals surface area contributed by atoms with Crippen molar-refractivity contribution in [2.24, 2.45) is 0 Å². The van der Waals surface area contributed by atoms with E-state index in [1.165, 1.54) is 0 Å². The molecule has 0 amide bonds. The summed E-state index contributed by atoms with van der Waals surface area (Å²) in [6, 6.07) is 0. The van der Waals surface area contributed by atoms with Gasteiger partial charge < -0.3 is 14.5 Å². The van der Waals surface area contributed by atoms with E-state index in [-0.39, 0.29) is 0 Å².